The maximum Gasteiger partial charge on any atom is 0.126 e. The zero-order valence-electron chi connectivity index (χ0n) is 12.8. The van der Waals surface area contributed by atoms with Crippen LogP contribution in [0.1, 0.15) is 27.8 Å². The van der Waals surface area contributed by atoms with E-state index in [1.165, 1.54) is 34.4 Å². The summed E-state index contributed by atoms with van der Waals surface area (Å²) < 4.78 is 26.2. The lowest BCUT2D eigenvalue weighted by Crippen LogP contribution is -2.17. The Kier molecular flexibility index (Phi) is 5.07. The van der Waals surface area contributed by atoms with Gasteiger partial charge in [0.05, 0.1) is 0 Å². The second kappa shape index (κ2) is 6.81. The standard InChI is InChI=1S/C18H21F2N/c1-12-6-14(3)16(7-13(12)2)11-21-5-4-15-8-17(19)10-18(20)9-15/h6-10,21H,4-5,11H2,1-3H3. The van der Waals surface area contributed by atoms with Gasteiger partial charge in [0, 0.05) is 12.6 Å². The topological polar surface area (TPSA) is 12.0 Å². The number of aryl methyl sites for hydroxylation is 3. The molecule has 21 heavy (non-hydrogen) atoms. The van der Waals surface area contributed by atoms with Gasteiger partial charge in [0.1, 0.15) is 11.6 Å². The number of nitrogens with one attached hydrogen (secondary N) is 1. The summed E-state index contributed by atoms with van der Waals surface area (Å²) in [5, 5.41) is 3.33. The van der Waals surface area contributed by atoms with Gasteiger partial charge in [-0.25, -0.2) is 8.78 Å². The number of halogens is 2. The Labute approximate surface area is 125 Å². The van der Waals surface area contributed by atoms with Crippen molar-refractivity contribution in [2.45, 2.75) is 33.7 Å². The molecule has 0 amide bonds. The van der Waals surface area contributed by atoms with E-state index in [0.29, 0.717) is 18.5 Å². The highest BCUT2D eigenvalue weighted by Gasteiger charge is 2.03. The summed E-state index contributed by atoms with van der Waals surface area (Å²) in [7, 11) is 0. The van der Waals surface area contributed by atoms with Crippen molar-refractivity contribution in [2.75, 3.05) is 6.54 Å². The van der Waals surface area contributed by atoms with Crippen molar-refractivity contribution >= 4 is 0 Å². The molecule has 2 aromatic carbocycles. The third kappa shape index (κ3) is 4.36. The molecule has 0 atom stereocenters. The van der Waals surface area contributed by atoms with Crippen molar-refractivity contribution in [3.63, 3.8) is 0 Å². The Bertz CT molecular complexity index is 615. The third-order valence-electron chi connectivity index (χ3n) is 3.78. The lowest BCUT2D eigenvalue weighted by atomic mass is 10.0. The van der Waals surface area contributed by atoms with Gasteiger partial charge in [-0.2, -0.15) is 0 Å². The number of hydrogen-bond donors (Lipinski definition) is 1. The van der Waals surface area contributed by atoms with Crippen LogP contribution in [0.3, 0.4) is 0 Å². The van der Waals surface area contributed by atoms with E-state index >= 15 is 0 Å². The summed E-state index contributed by atoms with van der Waals surface area (Å²) in [5.41, 5.74) is 5.79. The summed E-state index contributed by atoms with van der Waals surface area (Å²) in [5.74, 6) is -1.04. The molecule has 0 heterocycles. The van der Waals surface area contributed by atoms with Crippen LogP contribution in [0.4, 0.5) is 8.78 Å². The van der Waals surface area contributed by atoms with Gasteiger partial charge in [-0.15, -0.1) is 0 Å². The first-order valence-corrected chi connectivity index (χ1v) is 7.18. The fourth-order valence-corrected chi connectivity index (χ4v) is 2.42. The highest BCUT2D eigenvalue weighted by molar-refractivity contribution is 5.36. The Morgan fingerprint density at radius 3 is 2.10 bits per heavy atom. The second-order valence-corrected chi connectivity index (χ2v) is 5.57. The van der Waals surface area contributed by atoms with Gasteiger partial charge in [0.2, 0.25) is 0 Å². The first-order chi connectivity index (χ1) is 9.95. The molecular formula is C18H21F2N. The van der Waals surface area contributed by atoms with Crippen LogP contribution < -0.4 is 5.32 Å². The van der Waals surface area contributed by atoms with Crippen LogP contribution in [-0.4, -0.2) is 6.54 Å². The van der Waals surface area contributed by atoms with Crippen molar-refractivity contribution in [2.24, 2.45) is 0 Å². The average molecular weight is 289 g/mol. The van der Waals surface area contributed by atoms with E-state index in [0.717, 1.165) is 12.6 Å². The molecule has 0 bridgehead atoms. The highest BCUT2D eigenvalue weighted by atomic mass is 19.1. The van der Waals surface area contributed by atoms with Crippen LogP contribution >= 0.6 is 0 Å². The molecule has 0 aliphatic heterocycles. The molecule has 0 unspecified atom stereocenters. The van der Waals surface area contributed by atoms with Crippen molar-refractivity contribution in [1.29, 1.82) is 0 Å². The summed E-state index contributed by atoms with van der Waals surface area (Å²) in [4.78, 5) is 0. The number of hydrogen-bond acceptors (Lipinski definition) is 1. The molecule has 0 aromatic heterocycles. The number of benzene rings is 2. The molecule has 0 aliphatic carbocycles. The van der Waals surface area contributed by atoms with Gasteiger partial charge in [0.15, 0.2) is 0 Å². The highest BCUT2D eigenvalue weighted by Crippen LogP contribution is 2.15. The van der Waals surface area contributed by atoms with E-state index in [1.54, 1.807) is 0 Å². The lowest BCUT2D eigenvalue weighted by Gasteiger charge is -2.11. The van der Waals surface area contributed by atoms with E-state index in [1.807, 2.05) is 0 Å². The molecule has 0 spiro atoms. The zero-order chi connectivity index (χ0) is 15.4. The molecule has 2 aromatic rings. The summed E-state index contributed by atoms with van der Waals surface area (Å²) in [6.07, 6.45) is 0.610. The third-order valence-corrected chi connectivity index (χ3v) is 3.78. The Hall–Kier alpha value is -1.74. The smallest absolute Gasteiger partial charge is 0.126 e. The SMILES string of the molecule is Cc1cc(C)c(CNCCc2cc(F)cc(F)c2)cc1C. The zero-order valence-corrected chi connectivity index (χ0v) is 12.8. The minimum absolute atomic E-state index is 0.519. The lowest BCUT2D eigenvalue weighted by molar-refractivity contribution is 0.577. The van der Waals surface area contributed by atoms with E-state index in [9.17, 15) is 8.78 Å². The first-order valence-electron chi connectivity index (χ1n) is 7.18. The maximum atomic E-state index is 13.1. The Morgan fingerprint density at radius 2 is 1.43 bits per heavy atom. The molecule has 0 radical (unpaired) electrons. The largest absolute Gasteiger partial charge is 0.312 e. The molecule has 3 heteroatoms. The van der Waals surface area contributed by atoms with Crippen LogP contribution in [0.5, 0.6) is 0 Å². The molecule has 0 aliphatic rings. The van der Waals surface area contributed by atoms with Crippen LogP contribution in [-0.2, 0) is 13.0 Å². The normalized spacial score (nSPS) is 10.9. The monoisotopic (exact) mass is 289 g/mol. The van der Waals surface area contributed by atoms with Crippen LogP contribution in [0.2, 0.25) is 0 Å². The van der Waals surface area contributed by atoms with E-state index in [2.05, 4.69) is 38.2 Å². The Balaban J connectivity index is 1.89. The van der Waals surface area contributed by atoms with Gasteiger partial charge in [-0.1, -0.05) is 12.1 Å². The van der Waals surface area contributed by atoms with Crippen molar-refractivity contribution in [3.8, 4) is 0 Å². The average Bonchev–Trinajstić information content (AvgIpc) is 2.39. The van der Waals surface area contributed by atoms with Gasteiger partial charge in [-0.05, 0) is 73.7 Å². The quantitative estimate of drug-likeness (QED) is 0.813. The van der Waals surface area contributed by atoms with Gasteiger partial charge < -0.3 is 5.32 Å². The van der Waals surface area contributed by atoms with Crippen LogP contribution in [0, 0.1) is 32.4 Å². The minimum atomic E-state index is -0.519. The predicted molar refractivity (Wildman–Crippen MR) is 82.4 cm³/mol. The van der Waals surface area contributed by atoms with Crippen LogP contribution in [0.25, 0.3) is 0 Å². The van der Waals surface area contributed by atoms with Crippen LogP contribution in [0.15, 0.2) is 30.3 Å². The van der Waals surface area contributed by atoms with E-state index in [-0.39, 0.29) is 0 Å². The molecule has 2 rings (SSSR count). The molecule has 0 saturated heterocycles. The summed E-state index contributed by atoms with van der Waals surface area (Å²) >= 11 is 0. The molecule has 1 nitrogen and oxygen atoms in total. The van der Waals surface area contributed by atoms with Gasteiger partial charge >= 0.3 is 0 Å². The van der Waals surface area contributed by atoms with E-state index < -0.39 is 11.6 Å². The molecular weight excluding hydrogens is 268 g/mol. The predicted octanol–water partition coefficient (Wildman–Crippen LogP) is 4.22. The maximum absolute atomic E-state index is 13.1. The first kappa shape index (κ1) is 15.6. The number of rotatable bonds is 5. The molecule has 1 N–H and O–H groups in total. The summed E-state index contributed by atoms with van der Waals surface area (Å²) in [6.45, 7) is 7.78. The molecule has 0 fully saturated rings. The van der Waals surface area contributed by atoms with Gasteiger partial charge in [0.25, 0.3) is 0 Å². The summed E-state index contributed by atoms with van der Waals surface area (Å²) in [6, 6.07) is 8.04. The van der Waals surface area contributed by atoms with Gasteiger partial charge in [-0.3, -0.25) is 0 Å². The molecule has 0 saturated carbocycles. The fraction of sp³-hybridized carbons (Fsp3) is 0.333. The van der Waals surface area contributed by atoms with Crippen molar-refractivity contribution < 1.29 is 8.78 Å². The fourth-order valence-electron chi connectivity index (χ4n) is 2.42. The molecule has 112 valence electrons. The van der Waals surface area contributed by atoms with E-state index in [4.69, 9.17) is 0 Å². The second-order valence-electron chi connectivity index (χ2n) is 5.57. The van der Waals surface area contributed by atoms with Crippen molar-refractivity contribution in [1.82, 2.24) is 5.32 Å². The van der Waals surface area contributed by atoms with Crippen molar-refractivity contribution in [3.05, 3.63) is 69.8 Å². The minimum Gasteiger partial charge on any atom is -0.312 e. The Morgan fingerprint density at radius 1 is 0.810 bits per heavy atom.